The van der Waals surface area contributed by atoms with Crippen LogP contribution in [0.25, 0.3) is 5.57 Å². The summed E-state index contributed by atoms with van der Waals surface area (Å²) in [7, 11) is 3.41. The van der Waals surface area contributed by atoms with Crippen molar-refractivity contribution in [2.45, 2.75) is 12.8 Å². The van der Waals surface area contributed by atoms with Gasteiger partial charge in [-0.15, -0.1) is 0 Å². The average Bonchev–Trinajstić information content (AvgIpc) is 2.64. The lowest BCUT2D eigenvalue weighted by Gasteiger charge is -2.16. The van der Waals surface area contributed by atoms with Crippen LogP contribution in [-0.2, 0) is 11.8 Å². The molecular formula is C10H14N4O. The summed E-state index contributed by atoms with van der Waals surface area (Å²) in [5.74, 6) is 0.724. The van der Waals surface area contributed by atoms with Gasteiger partial charge in [-0.05, 0) is 12.8 Å². The van der Waals surface area contributed by atoms with Gasteiger partial charge in [-0.25, -0.2) is 0 Å². The molecule has 0 spiro atoms. The van der Waals surface area contributed by atoms with Crippen molar-refractivity contribution in [3.8, 4) is 0 Å². The van der Waals surface area contributed by atoms with Gasteiger partial charge in [0, 0.05) is 12.6 Å². The number of rotatable bonds is 2. The van der Waals surface area contributed by atoms with E-state index in [0.29, 0.717) is 5.70 Å². The van der Waals surface area contributed by atoms with Crippen LogP contribution in [0.5, 0.6) is 0 Å². The molecule has 15 heavy (non-hydrogen) atoms. The summed E-state index contributed by atoms with van der Waals surface area (Å²) in [4.78, 5) is 1.53. The molecule has 1 aliphatic carbocycles. The molecule has 1 heterocycles. The number of ether oxygens (including phenoxy) is 1. The molecule has 0 amide bonds. The summed E-state index contributed by atoms with van der Waals surface area (Å²) >= 11 is 0. The Morgan fingerprint density at radius 2 is 2.33 bits per heavy atom. The highest BCUT2D eigenvalue weighted by Crippen LogP contribution is 2.29. The van der Waals surface area contributed by atoms with Crippen LogP contribution in [0, 0.1) is 0 Å². The zero-order valence-electron chi connectivity index (χ0n) is 8.90. The number of nitrogens with zero attached hydrogens (tertiary/aromatic N) is 3. The monoisotopic (exact) mass is 206 g/mol. The van der Waals surface area contributed by atoms with Crippen molar-refractivity contribution in [1.82, 2.24) is 15.0 Å². The average molecular weight is 206 g/mol. The van der Waals surface area contributed by atoms with Gasteiger partial charge in [0.2, 0.25) is 0 Å². The number of aromatic nitrogens is 3. The van der Waals surface area contributed by atoms with Crippen LogP contribution in [0.1, 0.15) is 18.5 Å². The molecule has 5 nitrogen and oxygen atoms in total. The molecule has 0 aliphatic heterocycles. The molecule has 2 rings (SSSR count). The first-order valence-corrected chi connectivity index (χ1v) is 4.82. The van der Waals surface area contributed by atoms with Gasteiger partial charge in [0.15, 0.2) is 0 Å². The largest absolute Gasteiger partial charge is 0.494 e. The van der Waals surface area contributed by atoms with E-state index in [0.717, 1.165) is 29.9 Å². The van der Waals surface area contributed by atoms with E-state index < -0.39 is 0 Å². The zero-order chi connectivity index (χ0) is 10.8. The van der Waals surface area contributed by atoms with Crippen molar-refractivity contribution in [2.24, 2.45) is 12.8 Å². The Morgan fingerprint density at radius 3 is 2.93 bits per heavy atom. The lowest BCUT2D eigenvalue weighted by Crippen LogP contribution is -2.10. The Hall–Kier alpha value is -1.78. The first-order valence-electron chi connectivity index (χ1n) is 4.82. The molecule has 0 aromatic carbocycles. The molecule has 0 saturated heterocycles. The van der Waals surface area contributed by atoms with Crippen molar-refractivity contribution in [2.75, 3.05) is 7.11 Å². The number of allylic oxidation sites excluding steroid dienone is 2. The maximum absolute atomic E-state index is 5.85. The molecule has 80 valence electrons. The topological polar surface area (TPSA) is 66.0 Å². The van der Waals surface area contributed by atoms with E-state index in [1.165, 1.54) is 4.80 Å². The van der Waals surface area contributed by atoms with Crippen LogP contribution in [0.2, 0.25) is 0 Å². The second-order valence-corrected chi connectivity index (χ2v) is 3.43. The lowest BCUT2D eigenvalue weighted by molar-refractivity contribution is 0.299. The van der Waals surface area contributed by atoms with E-state index in [9.17, 15) is 0 Å². The second-order valence-electron chi connectivity index (χ2n) is 3.43. The zero-order valence-corrected chi connectivity index (χ0v) is 8.90. The first-order chi connectivity index (χ1) is 7.22. The highest BCUT2D eigenvalue weighted by molar-refractivity contribution is 5.69. The predicted octanol–water partition coefficient (Wildman–Crippen LogP) is 0.809. The number of aryl methyl sites for hydroxylation is 1. The van der Waals surface area contributed by atoms with Gasteiger partial charge in [0.25, 0.3) is 0 Å². The maximum Gasteiger partial charge on any atom is 0.146 e. The third kappa shape index (κ3) is 1.72. The van der Waals surface area contributed by atoms with Crippen molar-refractivity contribution in [3.05, 3.63) is 29.4 Å². The van der Waals surface area contributed by atoms with Crippen molar-refractivity contribution >= 4 is 5.57 Å². The lowest BCUT2D eigenvalue weighted by atomic mass is 9.99. The molecule has 0 radical (unpaired) electrons. The highest BCUT2D eigenvalue weighted by atomic mass is 16.5. The number of hydrogen-bond donors (Lipinski definition) is 1. The SMILES string of the molecule is COC1=C(c2cnn(C)n2)CCC=C1N. The van der Waals surface area contributed by atoms with Crippen LogP contribution in [0.4, 0.5) is 0 Å². The second kappa shape index (κ2) is 3.76. The molecule has 0 unspecified atom stereocenters. The molecule has 1 aromatic rings. The Labute approximate surface area is 88.2 Å². The van der Waals surface area contributed by atoms with E-state index in [4.69, 9.17) is 10.5 Å². The fourth-order valence-electron chi connectivity index (χ4n) is 1.72. The fraction of sp³-hybridized carbons (Fsp3) is 0.400. The van der Waals surface area contributed by atoms with E-state index in [1.54, 1.807) is 20.4 Å². The molecular weight excluding hydrogens is 192 g/mol. The van der Waals surface area contributed by atoms with Gasteiger partial charge < -0.3 is 10.5 Å². The van der Waals surface area contributed by atoms with Crippen molar-refractivity contribution in [1.29, 1.82) is 0 Å². The van der Waals surface area contributed by atoms with Crippen molar-refractivity contribution in [3.63, 3.8) is 0 Å². The van der Waals surface area contributed by atoms with Gasteiger partial charge in [0.1, 0.15) is 11.5 Å². The van der Waals surface area contributed by atoms with Gasteiger partial charge in [-0.2, -0.15) is 15.0 Å². The smallest absolute Gasteiger partial charge is 0.146 e. The molecule has 0 saturated carbocycles. The van der Waals surface area contributed by atoms with Crippen LogP contribution < -0.4 is 5.73 Å². The van der Waals surface area contributed by atoms with Crippen LogP contribution in [0.15, 0.2) is 23.7 Å². The molecule has 1 aliphatic rings. The van der Waals surface area contributed by atoms with E-state index >= 15 is 0 Å². The maximum atomic E-state index is 5.85. The third-order valence-electron chi connectivity index (χ3n) is 2.41. The summed E-state index contributed by atoms with van der Waals surface area (Å²) in [6, 6.07) is 0. The number of methoxy groups -OCH3 is 1. The molecule has 5 heteroatoms. The Morgan fingerprint density at radius 1 is 1.53 bits per heavy atom. The standard InChI is InChI=1S/C10H14N4O/c1-14-12-6-9(13-14)7-4-3-5-8(11)10(7)15-2/h5-6H,3-4,11H2,1-2H3. The normalized spacial score (nSPS) is 16.5. The molecule has 0 bridgehead atoms. The predicted molar refractivity (Wildman–Crippen MR) is 56.4 cm³/mol. The molecule has 0 atom stereocenters. The van der Waals surface area contributed by atoms with E-state index in [-0.39, 0.29) is 0 Å². The van der Waals surface area contributed by atoms with Crippen LogP contribution in [0.3, 0.4) is 0 Å². The Bertz CT molecular complexity index is 430. The van der Waals surface area contributed by atoms with Gasteiger partial charge in [-0.1, -0.05) is 6.08 Å². The minimum Gasteiger partial charge on any atom is -0.494 e. The summed E-state index contributed by atoms with van der Waals surface area (Å²) in [5, 5.41) is 8.29. The van der Waals surface area contributed by atoms with Crippen LogP contribution in [-0.4, -0.2) is 22.1 Å². The molecule has 2 N–H and O–H groups in total. The van der Waals surface area contributed by atoms with E-state index in [1.807, 2.05) is 6.08 Å². The first kappa shape index (κ1) is 9.76. The van der Waals surface area contributed by atoms with Gasteiger partial charge in [0.05, 0.1) is 19.0 Å². The van der Waals surface area contributed by atoms with Gasteiger partial charge >= 0.3 is 0 Å². The summed E-state index contributed by atoms with van der Waals surface area (Å²) in [6.45, 7) is 0. The Kier molecular flexibility index (Phi) is 2.45. The van der Waals surface area contributed by atoms with Crippen LogP contribution >= 0.6 is 0 Å². The third-order valence-corrected chi connectivity index (χ3v) is 2.41. The minimum absolute atomic E-state index is 0.685. The summed E-state index contributed by atoms with van der Waals surface area (Å²) < 4.78 is 5.29. The highest BCUT2D eigenvalue weighted by Gasteiger charge is 2.18. The number of hydrogen-bond acceptors (Lipinski definition) is 4. The van der Waals surface area contributed by atoms with Crippen molar-refractivity contribution < 1.29 is 4.74 Å². The summed E-state index contributed by atoms with van der Waals surface area (Å²) in [5.41, 5.74) is 8.40. The Balaban J connectivity index is 2.45. The summed E-state index contributed by atoms with van der Waals surface area (Å²) in [6.07, 6.45) is 5.51. The minimum atomic E-state index is 0.685. The van der Waals surface area contributed by atoms with E-state index in [2.05, 4.69) is 10.2 Å². The quantitative estimate of drug-likeness (QED) is 0.777. The number of nitrogens with two attached hydrogens (primary N) is 1. The molecule has 0 fully saturated rings. The molecule has 1 aromatic heterocycles. The fourth-order valence-corrected chi connectivity index (χ4v) is 1.72. The van der Waals surface area contributed by atoms with Gasteiger partial charge in [-0.3, -0.25) is 0 Å².